The monoisotopic (exact) mass is 570 g/mol. The molecule has 0 saturated heterocycles. The summed E-state index contributed by atoms with van der Waals surface area (Å²) in [5.41, 5.74) is -1.09. The summed E-state index contributed by atoms with van der Waals surface area (Å²) in [5.74, 6) is -2.96. The number of hydrogen-bond donors (Lipinski definition) is 0. The van der Waals surface area contributed by atoms with Gasteiger partial charge in [-0.25, -0.2) is 28.0 Å². The number of rotatable bonds is 9. The molecule has 42 heavy (non-hydrogen) atoms. The van der Waals surface area contributed by atoms with Crippen LogP contribution in [0, 0.1) is 23.5 Å². The highest BCUT2D eigenvalue weighted by atomic mass is 19.1. The molecular formula is C32H20F2O8. The number of carbonyl (C=O) groups excluding carboxylic acids is 4. The van der Waals surface area contributed by atoms with Crippen LogP contribution < -0.4 is 18.9 Å². The van der Waals surface area contributed by atoms with Crippen LogP contribution in [0.3, 0.4) is 0 Å². The molecule has 8 nitrogen and oxygen atoms in total. The van der Waals surface area contributed by atoms with Gasteiger partial charge in [-0.1, -0.05) is 50.3 Å². The molecule has 0 aliphatic heterocycles. The minimum absolute atomic E-state index is 0.00842. The smallest absolute Gasteiger partial charge is 0.335 e. The zero-order valence-electron chi connectivity index (χ0n) is 21.8. The second kappa shape index (κ2) is 13.8. The highest BCUT2D eigenvalue weighted by Gasteiger charge is 2.30. The number of benzene rings is 3. The Labute approximate surface area is 238 Å². The van der Waals surface area contributed by atoms with Crippen molar-refractivity contribution in [2.45, 2.75) is 0 Å². The van der Waals surface area contributed by atoms with Crippen LogP contribution in [-0.2, 0) is 19.2 Å². The van der Waals surface area contributed by atoms with E-state index in [-0.39, 0.29) is 22.6 Å². The summed E-state index contributed by atoms with van der Waals surface area (Å²) in [7, 11) is 0. The highest BCUT2D eigenvalue weighted by molar-refractivity contribution is 5.91. The summed E-state index contributed by atoms with van der Waals surface area (Å²) in [5, 5.41) is 0. The van der Waals surface area contributed by atoms with E-state index in [2.05, 4.69) is 38.2 Å². The van der Waals surface area contributed by atoms with Crippen molar-refractivity contribution in [3.63, 3.8) is 0 Å². The molecule has 0 spiro atoms. The lowest BCUT2D eigenvalue weighted by Gasteiger charge is -2.17. The molecule has 3 aromatic carbocycles. The van der Waals surface area contributed by atoms with Crippen molar-refractivity contribution in [2.75, 3.05) is 0 Å². The van der Waals surface area contributed by atoms with E-state index < -0.39 is 58.1 Å². The molecule has 0 saturated carbocycles. The van der Waals surface area contributed by atoms with Crippen LogP contribution in [0.4, 0.5) is 8.78 Å². The van der Waals surface area contributed by atoms with Crippen molar-refractivity contribution >= 4 is 23.9 Å². The van der Waals surface area contributed by atoms with Gasteiger partial charge in [-0.3, -0.25) is 0 Å². The quantitative estimate of drug-likeness (QED) is 0.146. The number of halogens is 2. The number of ether oxygens (including phenoxy) is 4. The van der Waals surface area contributed by atoms with Crippen molar-refractivity contribution in [1.82, 2.24) is 0 Å². The molecule has 10 heteroatoms. The fourth-order valence-corrected chi connectivity index (χ4v) is 3.24. The van der Waals surface area contributed by atoms with Crippen LogP contribution >= 0.6 is 0 Å². The largest absolute Gasteiger partial charge is 0.423 e. The van der Waals surface area contributed by atoms with Gasteiger partial charge in [-0.2, -0.15) is 0 Å². The summed E-state index contributed by atoms with van der Waals surface area (Å²) in [6, 6.07) is 10.8. The van der Waals surface area contributed by atoms with E-state index >= 15 is 8.78 Å². The average Bonchev–Trinajstić information content (AvgIpc) is 3.00. The van der Waals surface area contributed by atoms with Gasteiger partial charge in [-0.05, 0) is 42.0 Å². The third kappa shape index (κ3) is 7.31. The summed E-state index contributed by atoms with van der Waals surface area (Å²) < 4.78 is 51.9. The zero-order chi connectivity index (χ0) is 30.8. The first-order valence-corrected chi connectivity index (χ1v) is 11.8. The maximum atomic E-state index is 15.9. The fraction of sp³-hybridized carbons (Fsp3) is 0. The Kier molecular flexibility index (Phi) is 10.0. The van der Waals surface area contributed by atoms with Gasteiger partial charge in [0.1, 0.15) is 17.1 Å². The van der Waals surface area contributed by atoms with Crippen molar-refractivity contribution < 1.29 is 46.9 Å². The molecule has 0 atom stereocenters. The Morgan fingerprint density at radius 1 is 0.571 bits per heavy atom. The van der Waals surface area contributed by atoms with Gasteiger partial charge in [0.25, 0.3) is 0 Å². The lowest BCUT2D eigenvalue weighted by atomic mass is 9.99. The van der Waals surface area contributed by atoms with Gasteiger partial charge in [0, 0.05) is 29.9 Å². The molecule has 3 rings (SSSR count). The minimum atomic E-state index is -1.39. The highest BCUT2D eigenvalue weighted by Crippen LogP contribution is 2.45. The van der Waals surface area contributed by atoms with E-state index in [1.807, 2.05) is 0 Å². The number of hydrogen-bond acceptors (Lipinski definition) is 8. The van der Waals surface area contributed by atoms with Crippen LogP contribution in [0.15, 0.2) is 99.2 Å². The van der Waals surface area contributed by atoms with E-state index in [1.54, 1.807) is 0 Å². The van der Waals surface area contributed by atoms with Crippen molar-refractivity contribution in [3.05, 3.63) is 122 Å². The molecule has 0 amide bonds. The first kappa shape index (κ1) is 30.5. The molecule has 0 bridgehead atoms. The molecular weight excluding hydrogens is 550 g/mol. The second-order valence-electron chi connectivity index (χ2n) is 7.84. The Morgan fingerprint density at radius 2 is 0.952 bits per heavy atom. The first-order valence-electron chi connectivity index (χ1n) is 11.8. The van der Waals surface area contributed by atoms with Crippen molar-refractivity contribution in [3.8, 4) is 46.0 Å². The molecule has 210 valence electrons. The molecule has 0 aliphatic carbocycles. The third-order valence-corrected chi connectivity index (χ3v) is 5.13. The molecule has 0 N–H and O–H groups in total. The zero-order valence-corrected chi connectivity index (χ0v) is 21.8. The van der Waals surface area contributed by atoms with E-state index in [4.69, 9.17) is 18.9 Å². The molecule has 0 radical (unpaired) electrons. The molecule has 0 heterocycles. The summed E-state index contributed by atoms with van der Waals surface area (Å²) in [6.07, 6.45) is 3.39. The average molecular weight is 571 g/mol. The van der Waals surface area contributed by atoms with Gasteiger partial charge in [0.05, 0.1) is 5.56 Å². The molecule has 0 aromatic heterocycles. The van der Waals surface area contributed by atoms with E-state index in [1.165, 1.54) is 48.5 Å². The predicted molar refractivity (Wildman–Crippen MR) is 148 cm³/mol. The topological polar surface area (TPSA) is 105 Å². The van der Waals surface area contributed by atoms with Gasteiger partial charge >= 0.3 is 23.9 Å². The molecule has 3 aromatic rings. The first-order chi connectivity index (χ1) is 20.1. The third-order valence-electron chi connectivity index (χ3n) is 5.13. The summed E-state index contributed by atoms with van der Waals surface area (Å²) >= 11 is 0. The minimum Gasteiger partial charge on any atom is -0.423 e. The predicted octanol–water partition coefficient (Wildman–Crippen LogP) is 5.40. The molecule has 0 aliphatic rings. The Balaban J connectivity index is 2.22. The van der Waals surface area contributed by atoms with Crippen LogP contribution in [0.1, 0.15) is 11.1 Å². The fourth-order valence-electron chi connectivity index (χ4n) is 3.24. The van der Waals surface area contributed by atoms with Crippen LogP contribution in [-0.4, -0.2) is 23.9 Å². The number of carbonyl (C=O) groups is 4. The summed E-state index contributed by atoms with van der Waals surface area (Å²) in [4.78, 5) is 47.2. The number of esters is 4. The maximum Gasteiger partial charge on any atom is 0.335 e. The maximum absolute atomic E-state index is 15.9. The summed E-state index contributed by atoms with van der Waals surface area (Å²) in [6.45, 7) is 13.1. The van der Waals surface area contributed by atoms with Crippen LogP contribution in [0.5, 0.6) is 23.0 Å². The van der Waals surface area contributed by atoms with E-state index in [0.29, 0.717) is 0 Å². The Morgan fingerprint density at radius 3 is 1.36 bits per heavy atom. The Bertz CT molecular complexity index is 1630. The molecule has 0 fully saturated rings. The van der Waals surface area contributed by atoms with Gasteiger partial charge in [0.2, 0.25) is 0 Å². The van der Waals surface area contributed by atoms with E-state index in [9.17, 15) is 19.2 Å². The SMILES string of the molecule is C=CC(=O)Oc1ccc(C#Cc2c(F)c(OC(=O)C=C)c(-c3ccc(OC(=O)C=C)cc3)c(OC(=O)C=C)c2F)cc1. The van der Waals surface area contributed by atoms with Gasteiger partial charge in [0.15, 0.2) is 23.1 Å². The van der Waals surface area contributed by atoms with Gasteiger partial charge in [-0.15, -0.1) is 0 Å². The Hall–Kier alpha value is -6.08. The van der Waals surface area contributed by atoms with Gasteiger partial charge < -0.3 is 18.9 Å². The lowest BCUT2D eigenvalue weighted by Crippen LogP contribution is -2.13. The van der Waals surface area contributed by atoms with Crippen molar-refractivity contribution in [2.24, 2.45) is 0 Å². The second-order valence-corrected chi connectivity index (χ2v) is 7.84. The standard InChI is InChI=1S/C32H20F2O8/c1-5-24(35)39-21-14-9-19(10-15-21)11-18-23-29(33)31(41-26(37)7-3)28(32(30(23)34)42-27(38)8-4)20-12-16-22(17-13-20)40-25(36)6-2/h5-10,12-17H,1-4H2. The van der Waals surface area contributed by atoms with E-state index in [0.717, 1.165) is 24.3 Å². The lowest BCUT2D eigenvalue weighted by molar-refractivity contribution is -0.130. The van der Waals surface area contributed by atoms with Crippen molar-refractivity contribution in [1.29, 1.82) is 0 Å². The van der Waals surface area contributed by atoms with Crippen LogP contribution in [0.25, 0.3) is 11.1 Å². The normalized spacial score (nSPS) is 9.76. The molecule has 0 unspecified atom stereocenters. The van der Waals surface area contributed by atoms with Crippen LogP contribution in [0.2, 0.25) is 0 Å².